The van der Waals surface area contributed by atoms with Crippen LogP contribution in [0.1, 0.15) is 25.0 Å². The summed E-state index contributed by atoms with van der Waals surface area (Å²) in [6, 6.07) is 4.05. The highest BCUT2D eigenvalue weighted by Crippen LogP contribution is 2.14. The lowest BCUT2D eigenvalue weighted by molar-refractivity contribution is 0.104. The first-order valence-electron chi connectivity index (χ1n) is 5.77. The molecule has 0 aromatic carbocycles. The topological polar surface area (TPSA) is 34.1 Å². The van der Waals surface area contributed by atoms with E-state index in [4.69, 9.17) is 4.74 Å². The summed E-state index contributed by atoms with van der Waals surface area (Å²) in [6.45, 7) is 2.78. The van der Waals surface area contributed by atoms with E-state index in [1.54, 1.807) is 0 Å². The van der Waals surface area contributed by atoms with Crippen molar-refractivity contribution in [2.45, 2.75) is 31.9 Å². The van der Waals surface area contributed by atoms with Gasteiger partial charge in [-0.25, -0.2) is 0 Å². The molecule has 2 heterocycles. The summed E-state index contributed by atoms with van der Waals surface area (Å²) in [6.07, 6.45) is 5.86. The van der Waals surface area contributed by atoms with Gasteiger partial charge in [0.2, 0.25) is 0 Å². The van der Waals surface area contributed by atoms with E-state index in [1.807, 2.05) is 18.3 Å². The molecule has 1 aliphatic heterocycles. The SMILES string of the molecule is Brc1ccc(CNCCC2CCCO2)nc1. The van der Waals surface area contributed by atoms with Gasteiger partial charge in [0.05, 0.1) is 11.8 Å². The Labute approximate surface area is 105 Å². The van der Waals surface area contributed by atoms with Crippen molar-refractivity contribution in [3.63, 3.8) is 0 Å². The number of hydrogen-bond acceptors (Lipinski definition) is 3. The molecule has 1 unspecified atom stereocenters. The van der Waals surface area contributed by atoms with E-state index in [0.717, 1.165) is 36.3 Å². The van der Waals surface area contributed by atoms with E-state index in [-0.39, 0.29) is 0 Å². The van der Waals surface area contributed by atoms with Gasteiger partial charge in [-0.15, -0.1) is 0 Å². The molecule has 1 aromatic heterocycles. The minimum atomic E-state index is 0.477. The molecule has 0 amide bonds. The van der Waals surface area contributed by atoms with Gasteiger partial charge in [0.15, 0.2) is 0 Å². The molecule has 1 aromatic rings. The first kappa shape index (κ1) is 12.0. The van der Waals surface area contributed by atoms with Crippen LogP contribution in [0.25, 0.3) is 0 Å². The number of pyridine rings is 1. The van der Waals surface area contributed by atoms with E-state index in [9.17, 15) is 0 Å². The third-order valence-corrected chi connectivity index (χ3v) is 3.23. The number of rotatable bonds is 5. The van der Waals surface area contributed by atoms with Crippen molar-refractivity contribution in [3.05, 3.63) is 28.5 Å². The van der Waals surface area contributed by atoms with Gasteiger partial charge in [-0.05, 0) is 53.9 Å². The van der Waals surface area contributed by atoms with Gasteiger partial charge in [-0.2, -0.15) is 0 Å². The summed E-state index contributed by atoms with van der Waals surface area (Å²) in [5.41, 5.74) is 1.08. The Kier molecular flexibility index (Phi) is 4.75. The number of aromatic nitrogens is 1. The summed E-state index contributed by atoms with van der Waals surface area (Å²) >= 11 is 3.37. The van der Waals surface area contributed by atoms with Gasteiger partial charge in [0.25, 0.3) is 0 Å². The first-order chi connectivity index (χ1) is 7.84. The highest BCUT2D eigenvalue weighted by atomic mass is 79.9. The standard InChI is InChI=1S/C12H17BrN2O/c13-10-3-4-11(15-8-10)9-14-6-5-12-2-1-7-16-12/h3-4,8,12,14H,1-2,5-7,9H2. The zero-order chi connectivity index (χ0) is 11.2. The van der Waals surface area contributed by atoms with Crippen molar-refractivity contribution in [2.75, 3.05) is 13.2 Å². The Morgan fingerprint density at radius 1 is 1.50 bits per heavy atom. The second kappa shape index (κ2) is 6.33. The Balaban J connectivity index is 1.62. The van der Waals surface area contributed by atoms with Crippen molar-refractivity contribution < 1.29 is 4.74 Å². The van der Waals surface area contributed by atoms with Crippen LogP contribution in [0.4, 0.5) is 0 Å². The average molecular weight is 285 g/mol. The zero-order valence-electron chi connectivity index (χ0n) is 9.29. The van der Waals surface area contributed by atoms with Crippen LogP contribution >= 0.6 is 15.9 Å². The second-order valence-electron chi connectivity index (χ2n) is 4.07. The molecular weight excluding hydrogens is 268 g/mol. The van der Waals surface area contributed by atoms with Crippen molar-refractivity contribution in [3.8, 4) is 0 Å². The predicted molar refractivity (Wildman–Crippen MR) is 67.2 cm³/mol. The third kappa shape index (κ3) is 3.85. The van der Waals surface area contributed by atoms with Crippen molar-refractivity contribution in [1.82, 2.24) is 10.3 Å². The first-order valence-corrected chi connectivity index (χ1v) is 6.56. The van der Waals surface area contributed by atoms with Gasteiger partial charge >= 0.3 is 0 Å². The number of nitrogens with one attached hydrogen (secondary N) is 1. The number of halogens is 1. The summed E-state index contributed by atoms with van der Waals surface area (Å²) in [5.74, 6) is 0. The maximum atomic E-state index is 5.56. The summed E-state index contributed by atoms with van der Waals surface area (Å²) in [7, 11) is 0. The van der Waals surface area contributed by atoms with Gasteiger partial charge in [0, 0.05) is 23.8 Å². The maximum absolute atomic E-state index is 5.56. The monoisotopic (exact) mass is 284 g/mol. The summed E-state index contributed by atoms with van der Waals surface area (Å²) in [4.78, 5) is 4.31. The van der Waals surface area contributed by atoms with Gasteiger partial charge in [-0.1, -0.05) is 0 Å². The Morgan fingerprint density at radius 3 is 3.12 bits per heavy atom. The maximum Gasteiger partial charge on any atom is 0.0588 e. The normalized spacial score (nSPS) is 20.2. The van der Waals surface area contributed by atoms with Gasteiger partial charge in [0.1, 0.15) is 0 Å². The molecule has 4 heteroatoms. The Bertz CT molecular complexity index is 309. The van der Waals surface area contributed by atoms with Crippen LogP contribution in [-0.2, 0) is 11.3 Å². The van der Waals surface area contributed by atoms with Crippen molar-refractivity contribution in [1.29, 1.82) is 0 Å². The van der Waals surface area contributed by atoms with E-state index in [1.165, 1.54) is 12.8 Å². The fourth-order valence-corrected chi connectivity index (χ4v) is 2.10. The molecule has 1 N–H and O–H groups in total. The molecule has 88 valence electrons. The van der Waals surface area contributed by atoms with E-state index in [2.05, 4.69) is 26.2 Å². The molecule has 1 aliphatic rings. The summed E-state index contributed by atoms with van der Waals surface area (Å²) < 4.78 is 6.58. The highest BCUT2D eigenvalue weighted by molar-refractivity contribution is 9.10. The second-order valence-corrected chi connectivity index (χ2v) is 4.98. The van der Waals surface area contributed by atoms with Crippen LogP contribution in [0, 0.1) is 0 Å². The molecule has 1 atom stereocenters. The predicted octanol–water partition coefficient (Wildman–Crippen LogP) is 2.50. The smallest absolute Gasteiger partial charge is 0.0588 e. The van der Waals surface area contributed by atoms with Crippen LogP contribution < -0.4 is 5.32 Å². The minimum absolute atomic E-state index is 0.477. The van der Waals surface area contributed by atoms with E-state index in [0.29, 0.717) is 6.10 Å². The quantitative estimate of drug-likeness (QED) is 0.844. The highest BCUT2D eigenvalue weighted by Gasteiger charge is 2.14. The fraction of sp³-hybridized carbons (Fsp3) is 0.583. The lowest BCUT2D eigenvalue weighted by Crippen LogP contribution is -2.20. The zero-order valence-corrected chi connectivity index (χ0v) is 10.9. The fourth-order valence-electron chi connectivity index (χ4n) is 1.86. The Morgan fingerprint density at radius 2 is 2.44 bits per heavy atom. The van der Waals surface area contributed by atoms with Crippen LogP contribution in [0.15, 0.2) is 22.8 Å². The minimum Gasteiger partial charge on any atom is -0.378 e. The Hall–Kier alpha value is -0.450. The van der Waals surface area contributed by atoms with Gasteiger partial charge in [-0.3, -0.25) is 4.98 Å². The number of nitrogens with zero attached hydrogens (tertiary/aromatic N) is 1. The number of hydrogen-bond donors (Lipinski definition) is 1. The molecule has 0 spiro atoms. The van der Waals surface area contributed by atoms with Crippen LogP contribution in [0.5, 0.6) is 0 Å². The lowest BCUT2D eigenvalue weighted by Gasteiger charge is -2.09. The van der Waals surface area contributed by atoms with Crippen LogP contribution in [0.2, 0.25) is 0 Å². The largest absolute Gasteiger partial charge is 0.378 e. The van der Waals surface area contributed by atoms with Gasteiger partial charge < -0.3 is 10.1 Å². The van der Waals surface area contributed by atoms with E-state index < -0.39 is 0 Å². The molecule has 3 nitrogen and oxygen atoms in total. The van der Waals surface area contributed by atoms with Crippen molar-refractivity contribution in [2.24, 2.45) is 0 Å². The molecule has 0 radical (unpaired) electrons. The van der Waals surface area contributed by atoms with Crippen LogP contribution in [-0.4, -0.2) is 24.2 Å². The molecule has 0 aliphatic carbocycles. The van der Waals surface area contributed by atoms with Crippen LogP contribution in [0.3, 0.4) is 0 Å². The molecule has 1 fully saturated rings. The molecule has 0 bridgehead atoms. The van der Waals surface area contributed by atoms with E-state index >= 15 is 0 Å². The molecular formula is C12H17BrN2O. The molecule has 1 saturated heterocycles. The summed E-state index contributed by atoms with van der Waals surface area (Å²) in [5, 5.41) is 3.39. The third-order valence-electron chi connectivity index (χ3n) is 2.76. The molecule has 16 heavy (non-hydrogen) atoms. The molecule has 2 rings (SSSR count). The van der Waals surface area contributed by atoms with Crippen molar-refractivity contribution >= 4 is 15.9 Å². The lowest BCUT2D eigenvalue weighted by atomic mass is 10.2. The average Bonchev–Trinajstić information content (AvgIpc) is 2.80. The molecule has 0 saturated carbocycles. The number of ether oxygens (including phenoxy) is 1.